The number of imidazole rings is 2. The average molecular weight is 509 g/mol. The van der Waals surface area contributed by atoms with Gasteiger partial charge in [-0.1, -0.05) is 6.07 Å². The van der Waals surface area contributed by atoms with E-state index in [0.717, 1.165) is 29.0 Å². The van der Waals surface area contributed by atoms with Gasteiger partial charge in [-0.15, -0.1) is 0 Å². The van der Waals surface area contributed by atoms with Crippen LogP contribution in [0.15, 0.2) is 61.1 Å². The second-order valence-electron chi connectivity index (χ2n) is 8.39. The number of halogens is 3. The summed E-state index contributed by atoms with van der Waals surface area (Å²) in [5.74, 6) is 1.37. The van der Waals surface area contributed by atoms with Gasteiger partial charge >= 0.3 is 6.18 Å². The Morgan fingerprint density at radius 1 is 0.973 bits per heavy atom. The predicted octanol–water partition coefficient (Wildman–Crippen LogP) is 5.91. The fourth-order valence-corrected chi connectivity index (χ4v) is 4.12. The highest BCUT2D eigenvalue weighted by Gasteiger charge is 2.32. The van der Waals surface area contributed by atoms with E-state index < -0.39 is 11.7 Å². The zero-order valence-corrected chi connectivity index (χ0v) is 20.5. The van der Waals surface area contributed by atoms with Crippen molar-refractivity contribution in [3.63, 3.8) is 0 Å². The minimum Gasteiger partial charge on any atom is -0.497 e. The third-order valence-electron chi connectivity index (χ3n) is 5.93. The molecule has 0 fully saturated rings. The first-order chi connectivity index (χ1) is 17.7. The van der Waals surface area contributed by atoms with Gasteiger partial charge in [-0.3, -0.25) is 0 Å². The lowest BCUT2D eigenvalue weighted by Gasteiger charge is -2.12. The molecule has 190 valence electrons. The van der Waals surface area contributed by atoms with Crippen molar-refractivity contribution in [1.29, 1.82) is 0 Å². The Kier molecular flexibility index (Phi) is 5.98. The number of methoxy groups -OCH3 is 2. The normalized spacial score (nSPS) is 11.6. The molecule has 0 radical (unpaired) electrons. The highest BCUT2D eigenvalue weighted by atomic mass is 19.4. The summed E-state index contributed by atoms with van der Waals surface area (Å²) in [4.78, 5) is 13.5. The van der Waals surface area contributed by atoms with Crippen LogP contribution < -0.4 is 14.8 Å². The van der Waals surface area contributed by atoms with E-state index in [4.69, 9.17) is 14.5 Å². The van der Waals surface area contributed by atoms with E-state index in [0.29, 0.717) is 28.7 Å². The zero-order chi connectivity index (χ0) is 26.3. The lowest BCUT2D eigenvalue weighted by atomic mass is 10.1. The summed E-state index contributed by atoms with van der Waals surface area (Å²) < 4.78 is 54.7. The number of aryl methyl sites for hydroxylation is 2. The van der Waals surface area contributed by atoms with Crippen molar-refractivity contribution in [3.8, 4) is 28.7 Å². The summed E-state index contributed by atoms with van der Waals surface area (Å²) in [5.41, 5.74) is 3.01. The molecule has 11 heteroatoms. The SMILES string of the molecule is COc1cc(-c2nc3c(Nc4ccc(-n5cnc(C)c5)c(OC)n4)cccc3n2C)cc(C(F)(F)F)c1. The number of ether oxygens (including phenoxy) is 2. The third-order valence-corrected chi connectivity index (χ3v) is 5.93. The lowest BCUT2D eigenvalue weighted by Crippen LogP contribution is -2.06. The molecule has 0 saturated heterocycles. The van der Waals surface area contributed by atoms with E-state index in [-0.39, 0.29) is 11.3 Å². The first-order valence-electron chi connectivity index (χ1n) is 11.2. The minimum atomic E-state index is -4.52. The molecule has 2 aromatic carbocycles. The lowest BCUT2D eigenvalue weighted by molar-refractivity contribution is -0.137. The average Bonchev–Trinajstić information content (AvgIpc) is 3.47. The second kappa shape index (κ2) is 9.16. The van der Waals surface area contributed by atoms with E-state index in [1.807, 2.05) is 42.0 Å². The topological polar surface area (TPSA) is 79.0 Å². The third kappa shape index (κ3) is 4.55. The van der Waals surface area contributed by atoms with Gasteiger partial charge in [0.1, 0.15) is 28.6 Å². The van der Waals surface area contributed by atoms with Gasteiger partial charge in [0.25, 0.3) is 0 Å². The standard InChI is InChI=1S/C26H23F3N6O2/c1-15-13-35(14-30-15)21-8-9-22(32-25(21)37-4)31-19-6-5-7-20-23(19)33-24(34(20)2)16-10-17(26(27,28)29)12-18(11-16)36-3/h5-14H,1-4H3,(H,31,32). The molecular formula is C26H23F3N6O2. The van der Waals surface area contributed by atoms with Crippen LogP contribution in [0.1, 0.15) is 11.3 Å². The number of aromatic nitrogens is 5. The van der Waals surface area contributed by atoms with Crippen molar-refractivity contribution in [2.45, 2.75) is 13.1 Å². The largest absolute Gasteiger partial charge is 0.497 e. The van der Waals surface area contributed by atoms with Gasteiger partial charge in [-0.05, 0) is 49.4 Å². The van der Waals surface area contributed by atoms with Crippen LogP contribution in [0.5, 0.6) is 11.6 Å². The number of fused-ring (bicyclic) bond motifs is 1. The maximum atomic E-state index is 13.5. The molecule has 0 unspecified atom stereocenters. The summed E-state index contributed by atoms with van der Waals surface area (Å²) in [5, 5.41) is 3.26. The number of nitrogens with one attached hydrogen (secondary N) is 1. The first-order valence-corrected chi connectivity index (χ1v) is 11.2. The fourth-order valence-electron chi connectivity index (χ4n) is 4.12. The number of pyridine rings is 1. The number of para-hydroxylation sites is 1. The first kappa shape index (κ1) is 24.2. The number of anilines is 2. The van der Waals surface area contributed by atoms with Gasteiger partial charge in [-0.2, -0.15) is 18.2 Å². The van der Waals surface area contributed by atoms with E-state index in [1.165, 1.54) is 20.3 Å². The number of alkyl halides is 3. The molecule has 0 atom stereocenters. The van der Waals surface area contributed by atoms with E-state index >= 15 is 0 Å². The van der Waals surface area contributed by atoms with Crippen molar-refractivity contribution in [2.75, 3.05) is 19.5 Å². The van der Waals surface area contributed by atoms with Gasteiger partial charge in [0.2, 0.25) is 5.88 Å². The molecule has 8 nitrogen and oxygen atoms in total. The summed E-state index contributed by atoms with van der Waals surface area (Å²) in [6.45, 7) is 1.89. The van der Waals surface area contributed by atoms with Crippen molar-refractivity contribution >= 4 is 22.5 Å². The van der Waals surface area contributed by atoms with Crippen LogP contribution in [0.4, 0.5) is 24.7 Å². The second-order valence-corrected chi connectivity index (χ2v) is 8.39. The van der Waals surface area contributed by atoms with Gasteiger partial charge < -0.3 is 23.9 Å². The Hall–Kier alpha value is -4.54. The number of rotatable bonds is 6. The summed E-state index contributed by atoms with van der Waals surface area (Å²) in [6.07, 6.45) is -0.973. The monoisotopic (exact) mass is 508 g/mol. The molecule has 0 bridgehead atoms. The molecule has 3 aromatic heterocycles. The highest BCUT2D eigenvalue weighted by Crippen LogP contribution is 2.37. The molecule has 0 amide bonds. The molecule has 37 heavy (non-hydrogen) atoms. The smallest absolute Gasteiger partial charge is 0.416 e. The van der Waals surface area contributed by atoms with Gasteiger partial charge in [0, 0.05) is 18.8 Å². The Labute approximate surface area is 210 Å². The Bertz CT molecular complexity index is 1610. The van der Waals surface area contributed by atoms with E-state index in [1.54, 1.807) is 24.0 Å². The quantitative estimate of drug-likeness (QED) is 0.307. The van der Waals surface area contributed by atoms with Crippen LogP contribution in [0, 0.1) is 6.92 Å². The summed E-state index contributed by atoms with van der Waals surface area (Å²) >= 11 is 0. The number of hydrogen-bond donors (Lipinski definition) is 1. The van der Waals surface area contributed by atoms with E-state index in [9.17, 15) is 13.2 Å². The van der Waals surface area contributed by atoms with Crippen LogP contribution in [0.3, 0.4) is 0 Å². The molecule has 3 heterocycles. The van der Waals surface area contributed by atoms with Crippen molar-refractivity contribution in [2.24, 2.45) is 7.05 Å². The fraction of sp³-hybridized carbons (Fsp3) is 0.192. The maximum absolute atomic E-state index is 13.5. The van der Waals surface area contributed by atoms with Crippen LogP contribution in [0.2, 0.25) is 0 Å². The Morgan fingerprint density at radius 2 is 1.78 bits per heavy atom. The summed E-state index contributed by atoms with van der Waals surface area (Å²) in [6, 6.07) is 12.7. The molecule has 0 aliphatic carbocycles. The number of nitrogens with zero attached hydrogens (tertiary/aromatic N) is 5. The van der Waals surface area contributed by atoms with Crippen LogP contribution >= 0.6 is 0 Å². The summed E-state index contributed by atoms with van der Waals surface area (Å²) in [7, 11) is 4.62. The Morgan fingerprint density at radius 3 is 2.46 bits per heavy atom. The predicted molar refractivity (Wildman–Crippen MR) is 134 cm³/mol. The zero-order valence-electron chi connectivity index (χ0n) is 20.5. The van der Waals surface area contributed by atoms with Crippen molar-refractivity contribution < 1.29 is 22.6 Å². The molecule has 5 aromatic rings. The van der Waals surface area contributed by atoms with Crippen LogP contribution in [0.25, 0.3) is 28.1 Å². The van der Waals surface area contributed by atoms with Crippen LogP contribution in [-0.4, -0.2) is 38.3 Å². The van der Waals surface area contributed by atoms with Gasteiger partial charge in [0.15, 0.2) is 0 Å². The number of hydrogen-bond acceptors (Lipinski definition) is 6. The molecule has 5 rings (SSSR count). The molecule has 1 N–H and O–H groups in total. The maximum Gasteiger partial charge on any atom is 0.416 e. The highest BCUT2D eigenvalue weighted by molar-refractivity contribution is 5.92. The van der Waals surface area contributed by atoms with Crippen LogP contribution in [-0.2, 0) is 13.2 Å². The molecular weight excluding hydrogens is 485 g/mol. The van der Waals surface area contributed by atoms with Gasteiger partial charge in [-0.25, -0.2) is 9.97 Å². The van der Waals surface area contributed by atoms with Gasteiger partial charge in [0.05, 0.1) is 43.0 Å². The van der Waals surface area contributed by atoms with Crippen molar-refractivity contribution in [3.05, 3.63) is 72.3 Å². The van der Waals surface area contributed by atoms with Crippen molar-refractivity contribution in [1.82, 2.24) is 24.1 Å². The van der Waals surface area contributed by atoms with E-state index in [2.05, 4.69) is 15.3 Å². The molecule has 0 saturated carbocycles. The number of benzene rings is 2. The molecule has 0 aliphatic rings. The molecule has 0 aliphatic heterocycles. The Balaban J connectivity index is 1.55. The molecule has 0 spiro atoms. The minimum absolute atomic E-state index is 0.0969.